The molecule has 1 nitrogen and oxygen atoms in total. The predicted molar refractivity (Wildman–Crippen MR) is 63.4 cm³/mol. The number of halogens is 1. The molecule has 2 heteroatoms. The normalized spacial score (nSPS) is 27.8. The van der Waals surface area contributed by atoms with E-state index in [0.29, 0.717) is 0 Å². The van der Waals surface area contributed by atoms with Gasteiger partial charge in [0.15, 0.2) is 0 Å². The molecule has 0 bridgehead atoms. The minimum Gasteiger partial charge on any atom is -0.395 e. The number of rotatable bonds is 2. The summed E-state index contributed by atoms with van der Waals surface area (Å²) in [6.07, 6.45) is 1.01. The van der Waals surface area contributed by atoms with E-state index in [2.05, 4.69) is 26.8 Å². The van der Waals surface area contributed by atoms with E-state index in [4.69, 9.17) is 11.6 Å². The van der Waals surface area contributed by atoms with Crippen LogP contribution in [-0.2, 0) is 5.41 Å². The molecule has 0 heterocycles. The topological polar surface area (TPSA) is 20.2 Å². The van der Waals surface area contributed by atoms with Crippen LogP contribution < -0.4 is 0 Å². The number of hydrogen-bond acceptors (Lipinski definition) is 1. The average Bonchev–Trinajstić information content (AvgIpc) is 2.69. The quantitative estimate of drug-likeness (QED) is 0.817. The zero-order chi connectivity index (χ0) is 11.3. The Morgan fingerprint density at radius 3 is 2.40 bits per heavy atom. The van der Waals surface area contributed by atoms with Gasteiger partial charge in [-0.1, -0.05) is 37.6 Å². The van der Waals surface area contributed by atoms with Crippen LogP contribution in [-0.4, -0.2) is 11.7 Å². The minimum atomic E-state index is -0.116. The lowest BCUT2D eigenvalue weighted by molar-refractivity contribution is 0.231. The first-order valence-corrected chi connectivity index (χ1v) is 5.69. The predicted octanol–water partition coefficient (Wildman–Crippen LogP) is 3.31. The van der Waals surface area contributed by atoms with Crippen molar-refractivity contribution in [1.82, 2.24) is 0 Å². The molecule has 1 aliphatic carbocycles. The van der Waals surface area contributed by atoms with Crippen LogP contribution in [0, 0.1) is 12.3 Å². The van der Waals surface area contributed by atoms with Crippen LogP contribution in [0.25, 0.3) is 0 Å². The molecule has 1 atom stereocenters. The Bertz CT molecular complexity index is 377. The fourth-order valence-corrected chi connectivity index (χ4v) is 3.13. The van der Waals surface area contributed by atoms with Gasteiger partial charge >= 0.3 is 0 Å². The SMILES string of the molecule is Cc1cccc(Cl)c1C1(CO)CC1(C)C. The van der Waals surface area contributed by atoms with Gasteiger partial charge in [0, 0.05) is 10.4 Å². The lowest BCUT2D eigenvalue weighted by Crippen LogP contribution is -2.21. The molecule has 0 radical (unpaired) electrons. The maximum absolute atomic E-state index is 9.64. The van der Waals surface area contributed by atoms with Crippen molar-refractivity contribution < 1.29 is 5.11 Å². The molecule has 0 spiro atoms. The first-order chi connectivity index (χ1) is 6.94. The Morgan fingerprint density at radius 2 is 2.00 bits per heavy atom. The molecule has 1 N–H and O–H groups in total. The fraction of sp³-hybridized carbons (Fsp3) is 0.538. The molecule has 0 amide bonds. The van der Waals surface area contributed by atoms with Crippen molar-refractivity contribution in [3.8, 4) is 0 Å². The van der Waals surface area contributed by atoms with E-state index in [9.17, 15) is 5.11 Å². The lowest BCUT2D eigenvalue weighted by Gasteiger charge is -2.22. The van der Waals surface area contributed by atoms with Gasteiger partial charge in [-0.15, -0.1) is 0 Å². The van der Waals surface area contributed by atoms with Crippen LogP contribution in [0.2, 0.25) is 5.02 Å². The average molecular weight is 225 g/mol. The fourth-order valence-electron chi connectivity index (χ4n) is 2.72. The smallest absolute Gasteiger partial charge is 0.0533 e. The van der Waals surface area contributed by atoms with Crippen LogP contribution in [0.4, 0.5) is 0 Å². The number of aliphatic hydroxyl groups is 1. The summed E-state index contributed by atoms with van der Waals surface area (Å²) in [7, 11) is 0. The molecule has 82 valence electrons. The summed E-state index contributed by atoms with van der Waals surface area (Å²) in [5.41, 5.74) is 2.37. The number of benzene rings is 1. The van der Waals surface area contributed by atoms with Crippen molar-refractivity contribution in [1.29, 1.82) is 0 Å². The molecule has 1 aromatic carbocycles. The minimum absolute atomic E-state index is 0.116. The summed E-state index contributed by atoms with van der Waals surface area (Å²) in [6.45, 7) is 6.62. The van der Waals surface area contributed by atoms with Crippen LogP contribution >= 0.6 is 11.6 Å². The highest BCUT2D eigenvalue weighted by Crippen LogP contribution is 2.65. The molecule has 2 rings (SSSR count). The summed E-state index contributed by atoms with van der Waals surface area (Å²) >= 11 is 6.25. The van der Waals surface area contributed by atoms with Crippen molar-refractivity contribution in [3.05, 3.63) is 34.3 Å². The van der Waals surface area contributed by atoms with Gasteiger partial charge in [-0.2, -0.15) is 0 Å². The van der Waals surface area contributed by atoms with Crippen molar-refractivity contribution in [2.75, 3.05) is 6.61 Å². The highest BCUT2D eigenvalue weighted by atomic mass is 35.5. The molecular formula is C13H17ClO. The third kappa shape index (κ3) is 1.41. The molecule has 1 unspecified atom stereocenters. The van der Waals surface area contributed by atoms with Gasteiger partial charge in [0.05, 0.1) is 6.61 Å². The lowest BCUT2D eigenvalue weighted by atomic mass is 9.86. The Labute approximate surface area is 96.1 Å². The summed E-state index contributed by atoms with van der Waals surface area (Å²) in [5.74, 6) is 0. The molecule has 15 heavy (non-hydrogen) atoms. The summed E-state index contributed by atoms with van der Waals surface area (Å²) in [5, 5.41) is 10.4. The van der Waals surface area contributed by atoms with Gasteiger partial charge < -0.3 is 5.11 Å². The Balaban J connectivity index is 2.55. The summed E-state index contributed by atoms with van der Waals surface area (Å²) < 4.78 is 0. The van der Waals surface area contributed by atoms with E-state index >= 15 is 0 Å². The molecule has 1 fully saturated rings. The first kappa shape index (κ1) is 11.0. The van der Waals surface area contributed by atoms with E-state index in [1.54, 1.807) is 0 Å². The van der Waals surface area contributed by atoms with Crippen LogP contribution in [0.3, 0.4) is 0 Å². The molecule has 1 aliphatic rings. The van der Waals surface area contributed by atoms with E-state index in [-0.39, 0.29) is 17.4 Å². The van der Waals surface area contributed by atoms with Crippen LogP contribution in [0.15, 0.2) is 18.2 Å². The Kier molecular flexibility index (Phi) is 2.36. The number of aryl methyl sites for hydroxylation is 1. The maximum atomic E-state index is 9.64. The zero-order valence-corrected chi connectivity index (χ0v) is 10.2. The highest BCUT2D eigenvalue weighted by molar-refractivity contribution is 6.31. The second-order valence-corrected chi connectivity index (χ2v) is 5.64. The molecular weight excluding hydrogens is 208 g/mol. The Hall–Kier alpha value is -0.530. The van der Waals surface area contributed by atoms with Gasteiger partial charge in [0.2, 0.25) is 0 Å². The molecule has 0 aliphatic heterocycles. The third-order valence-electron chi connectivity index (χ3n) is 3.88. The standard InChI is InChI=1S/C13H17ClO/c1-9-5-4-6-10(14)11(9)13(8-15)7-12(13,2)3/h4-6,15H,7-8H2,1-3H3. The van der Waals surface area contributed by atoms with Gasteiger partial charge in [-0.3, -0.25) is 0 Å². The first-order valence-electron chi connectivity index (χ1n) is 5.31. The van der Waals surface area contributed by atoms with Gasteiger partial charge in [0.1, 0.15) is 0 Å². The Morgan fingerprint density at radius 1 is 1.40 bits per heavy atom. The van der Waals surface area contributed by atoms with E-state index in [0.717, 1.165) is 17.0 Å². The third-order valence-corrected chi connectivity index (χ3v) is 4.20. The van der Waals surface area contributed by atoms with Crippen molar-refractivity contribution in [2.24, 2.45) is 5.41 Å². The van der Waals surface area contributed by atoms with E-state index < -0.39 is 0 Å². The van der Waals surface area contributed by atoms with E-state index in [1.807, 2.05) is 12.1 Å². The second kappa shape index (κ2) is 3.23. The van der Waals surface area contributed by atoms with Crippen LogP contribution in [0.1, 0.15) is 31.4 Å². The summed E-state index contributed by atoms with van der Waals surface area (Å²) in [6, 6.07) is 5.93. The van der Waals surface area contributed by atoms with E-state index in [1.165, 1.54) is 5.56 Å². The largest absolute Gasteiger partial charge is 0.395 e. The number of aliphatic hydroxyl groups excluding tert-OH is 1. The summed E-state index contributed by atoms with van der Waals surface area (Å²) in [4.78, 5) is 0. The molecule has 1 aromatic rings. The van der Waals surface area contributed by atoms with Crippen LogP contribution in [0.5, 0.6) is 0 Å². The van der Waals surface area contributed by atoms with Gasteiger partial charge in [0.25, 0.3) is 0 Å². The van der Waals surface area contributed by atoms with Gasteiger partial charge in [-0.05, 0) is 36.0 Å². The molecule has 1 saturated carbocycles. The van der Waals surface area contributed by atoms with Gasteiger partial charge in [-0.25, -0.2) is 0 Å². The van der Waals surface area contributed by atoms with Crippen molar-refractivity contribution in [2.45, 2.75) is 32.6 Å². The highest BCUT2D eigenvalue weighted by Gasteiger charge is 2.62. The second-order valence-electron chi connectivity index (χ2n) is 5.23. The zero-order valence-electron chi connectivity index (χ0n) is 9.47. The molecule has 0 saturated heterocycles. The van der Waals surface area contributed by atoms with Crippen molar-refractivity contribution >= 4 is 11.6 Å². The number of hydrogen-bond donors (Lipinski definition) is 1. The molecule has 0 aromatic heterocycles. The monoisotopic (exact) mass is 224 g/mol. The maximum Gasteiger partial charge on any atom is 0.0533 e. The van der Waals surface area contributed by atoms with Crippen molar-refractivity contribution in [3.63, 3.8) is 0 Å².